The first-order chi connectivity index (χ1) is 7.41. The standard InChI is InChI=1S/C12H19NO3/c1-12(2,11(15)16)10(14)13-9-6-7-3-4-8(9)5-7/h7-9H,3-6H2,1-2H3,(H,13,14)(H,15,16). The van der Waals surface area contributed by atoms with Gasteiger partial charge in [0.15, 0.2) is 0 Å². The lowest BCUT2D eigenvalue weighted by molar-refractivity contribution is -0.153. The van der Waals surface area contributed by atoms with Gasteiger partial charge < -0.3 is 10.4 Å². The van der Waals surface area contributed by atoms with Crippen LogP contribution >= 0.6 is 0 Å². The van der Waals surface area contributed by atoms with Crippen molar-refractivity contribution in [1.82, 2.24) is 5.32 Å². The number of carbonyl (C=O) groups is 2. The fourth-order valence-corrected chi connectivity index (χ4v) is 2.87. The molecular formula is C12H19NO3. The summed E-state index contributed by atoms with van der Waals surface area (Å²) in [7, 11) is 0. The molecule has 4 nitrogen and oxygen atoms in total. The number of carboxylic acids is 1. The third-order valence-electron chi connectivity index (χ3n) is 4.16. The van der Waals surface area contributed by atoms with Crippen LogP contribution in [-0.2, 0) is 9.59 Å². The maximum atomic E-state index is 11.8. The molecule has 0 saturated heterocycles. The maximum absolute atomic E-state index is 11.8. The molecule has 0 aromatic rings. The fourth-order valence-electron chi connectivity index (χ4n) is 2.87. The third-order valence-corrected chi connectivity index (χ3v) is 4.16. The molecule has 0 aliphatic heterocycles. The lowest BCUT2D eigenvalue weighted by atomic mass is 9.90. The Bertz CT molecular complexity index is 324. The second-order valence-electron chi connectivity index (χ2n) is 5.68. The Labute approximate surface area is 95.4 Å². The molecule has 0 radical (unpaired) electrons. The summed E-state index contributed by atoms with van der Waals surface area (Å²) in [6.07, 6.45) is 4.70. The van der Waals surface area contributed by atoms with Crippen molar-refractivity contribution < 1.29 is 14.7 Å². The van der Waals surface area contributed by atoms with Gasteiger partial charge in [-0.25, -0.2) is 0 Å². The summed E-state index contributed by atoms with van der Waals surface area (Å²) in [5.74, 6) is -0.0764. The second-order valence-corrected chi connectivity index (χ2v) is 5.68. The van der Waals surface area contributed by atoms with Crippen molar-refractivity contribution in [3.05, 3.63) is 0 Å². The third kappa shape index (κ3) is 1.81. The van der Waals surface area contributed by atoms with Crippen LogP contribution in [0.3, 0.4) is 0 Å². The van der Waals surface area contributed by atoms with E-state index >= 15 is 0 Å². The zero-order valence-electron chi connectivity index (χ0n) is 9.82. The van der Waals surface area contributed by atoms with Gasteiger partial charge >= 0.3 is 5.97 Å². The molecular weight excluding hydrogens is 206 g/mol. The number of aliphatic carboxylic acids is 1. The van der Waals surface area contributed by atoms with Crippen molar-refractivity contribution in [3.63, 3.8) is 0 Å². The van der Waals surface area contributed by atoms with Crippen molar-refractivity contribution in [2.45, 2.75) is 45.6 Å². The Morgan fingerprint density at radius 3 is 2.38 bits per heavy atom. The van der Waals surface area contributed by atoms with Gasteiger partial charge in [-0.1, -0.05) is 6.42 Å². The van der Waals surface area contributed by atoms with Gasteiger partial charge in [0.1, 0.15) is 5.41 Å². The van der Waals surface area contributed by atoms with Crippen LogP contribution in [0, 0.1) is 17.3 Å². The smallest absolute Gasteiger partial charge is 0.318 e. The molecule has 2 aliphatic carbocycles. The summed E-state index contributed by atoms with van der Waals surface area (Å²) in [5.41, 5.74) is -1.32. The molecule has 2 bridgehead atoms. The first-order valence-corrected chi connectivity index (χ1v) is 5.95. The monoisotopic (exact) mass is 225 g/mol. The SMILES string of the molecule is CC(C)(C(=O)O)C(=O)NC1CC2CCC1C2. The van der Waals surface area contributed by atoms with Crippen molar-refractivity contribution in [2.24, 2.45) is 17.3 Å². The molecule has 3 unspecified atom stereocenters. The molecule has 2 N–H and O–H groups in total. The highest BCUT2D eigenvalue weighted by atomic mass is 16.4. The molecule has 3 atom stereocenters. The van der Waals surface area contributed by atoms with E-state index in [2.05, 4.69) is 5.32 Å². The number of carboxylic acid groups (broad SMARTS) is 1. The van der Waals surface area contributed by atoms with E-state index in [9.17, 15) is 9.59 Å². The minimum Gasteiger partial charge on any atom is -0.480 e. The quantitative estimate of drug-likeness (QED) is 0.713. The van der Waals surface area contributed by atoms with Crippen molar-refractivity contribution in [2.75, 3.05) is 0 Å². The van der Waals surface area contributed by atoms with Gasteiger partial charge in [-0.05, 0) is 44.9 Å². The molecule has 4 heteroatoms. The fraction of sp³-hybridized carbons (Fsp3) is 0.833. The van der Waals surface area contributed by atoms with Gasteiger partial charge in [-0.2, -0.15) is 0 Å². The van der Waals surface area contributed by atoms with Crippen molar-refractivity contribution in [3.8, 4) is 0 Å². The Kier molecular flexibility index (Phi) is 2.68. The molecule has 90 valence electrons. The average molecular weight is 225 g/mol. The summed E-state index contributed by atoms with van der Waals surface area (Å²) in [6, 6.07) is 0.213. The molecule has 2 fully saturated rings. The van der Waals surface area contributed by atoms with E-state index in [-0.39, 0.29) is 11.9 Å². The largest absolute Gasteiger partial charge is 0.480 e. The van der Waals surface area contributed by atoms with E-state index < -0.39 is 11.4 Å². The first kappa shape index (κ1) is 11.4. The van der Waals surface area contributed by atoms with Gasteiger partial charge in [0.25, 0.3) is 0 Å². The van der Waals surface area contributed by atoms with E-state index in [1.54, 1.807) is 0 Å². The highest BCUT2D eigenvalue weighted by Gasteiger charge is 2.43. The van der Waals surface area contributed by atoms with E-state index in [4.69, 9.17) is 5.11 Å². The Morgan fingerprint density at radius 2 is 1.94 bits per heavy atom. The lowest BCUT2D eigenvalue weighted by Crippen LogP contribution is -2.48. The second kappa shape index (κ2) is 3.75. The zero-order valence-corrected chi connectivity index (χ0v) is 9.82. The molecule has 0 heterocycles. The van der Waals surface area contributed by atoms with Crippen molar-refractivity contribution in [1.29, 1.82) is 0 Å². The van der Waals surface area contributed by atoms with Gasteiger partial charge in [0.05, 0.1) is 0 Å². The number of amides is 1. The van der Waals surface area contributed by atoms with E-state index in [0.717, 1.165) is 12.3 Å². The zero-order chi connectivity index (χ0) is 11.9. The van der Waals surface area contributed by atoms with Gasteiger partial charge in [-0.15, -0.1) is 0 Å². The van der Waals surface area contributed by atoms with E-state index in [0.29, 0.717) is 5.92 Å². The maximum Gasteiger partial charge on any atom is 0.318 e. The molecule has 16 heavy (non-hydrogen) atoms. The van der Waals surface area contributed by atoms with Crippen LogP contribution < -0.4 is 5.32 Å². The first-order valence-electron chi connectivity index (χ1n) is 5.95. The Balaban J connectivity index is 1.95. The summed E-state index contributed by atoms with van der Waals surface area (Å²) >= 11 is 0. The van der Waals surface area contributed by atoms with Gasteiger partial charge in [0.2, 0.25) is 5.91 Å². The van der Waals surface area contributed by atoms with Crippen LogP contribution in [0.4, 0.5) is 0 Å². The molecule has 0 aromatic heterocycles. The number of rotatable bonds is 3. The lowest BCUT2D eigenvalue weighted by Gasteiger charge is -2.27. The number of fused-ring (bicyclic) bond motifs is 2. The minimum absolute atomic E-state index is 0.213. The summed E-state index contributed by atoms with van der Waals surface area (Å²) in [6.45, 7) is 2.91. The van der Waals surface area contributed by atoms with E-state index in [1.165, 1.54) is 33.1 Å². The van der Waals surface area contributed by atoms with Crippen LogP contribution in [0.15, 0.2) is 0 Å². The normalized spacial score (nSPS) is 32.8. The average Bonchev–Trinajstić information content (AvgIpc) is 2.78. The van der Waals surface area contributed by atoms with Gasteiger partial charge in [-0.3, -0.25) is 9.59 Å². The molecule has 1 amide bonds. The molecule has 2 aliphatic rings. The molecule has 2 rings (SSSR count). The number of hydrogen-bond acceptors (Lipinski definition) is 2. The minimum atomic E-state index is -1.32. The highest BCUT2D eigenvalue weighted by Crippen LogP contribution is 2.44. The van der Waals surface area contributed by atoms with Crippen LogP contribution in [0.5, 0.6) is 0 Å². The van der Waals surface area contributed by atoms with Crippen LogP contribution in [0.2, 0.25) is 0 Å². The number of carbonyl (C=O) groups excluding carboxylic acids is 1. The Hall–Kier alpha value is -1.06. The van der Waals surface area contributed by atoms with Crippen LogP contribution in [0.25, 0.3) is 0 Å². The number of nitrogens with one attached hydrogen (secondary N) is 1. The highest BCUT2D eigenvalue weighted by molar-refractivity contribution is 6.01. The molecule has 0 spiro atoms. The predicted molar refractivity (Wildman–Crippen MR) is 58.8 cm³/mol. The predicted octanol–water partition coefficient (Wildman–Crippen LogP) is 1.40. The van der Waals surface area contributed by atoms with Gasteiger partial charge in [0, 0.05) is 6.04 Å². The summed E-state index contributed by atoms with van der Waals surface area (Å²) < 4.78 is 0. The van der Waals surface area contributed by atoms with Crippen molar-refractivity contribution >= 4 is 11.9 Å². The summed E-state index contributed by atoms with van der Waals surface area (Å²) in [4.78, 5) is 22.8. The van der Waals surface area contributed by atoms with Crippen LogP contribution in [0.1, 0.15) is 39.5 Å². The van der Waals surface area contributed by atoms with E-state index in [1.807, 2.05) is 0 Å². The molecule has 0 aromatic carbocycles. The Morgan fingerprint density at radius 1 is 1.25 bits per heavy atom. The van der Waals surface area contributed by atoms with Crippen LogP contribution in [-0.4, -0.2) is 23.0 Å². The number of hydrogen-bond donors (Lipinski definition) is 2. The molecule has 2 saturated carbocycles. The topological polar surface area (TPSA) is 66.4 Å². The summed E-state index contributed by atoms with van der Waals surface area (Å²) in [5, 5.41) is 11.9.